The first-order chi connectivity index (χ1) is 7.58. The van der Waals surface area contributed by atoms with Crippen molar-refractivity contribution in [3.05, 3.63) is 29.3 Å². The van der Waals surface area contributed by atoms with Crippen LogP contribution in [0.15, 0.2) is 18.2 Å². The maximum Gasteiger partial charge on any atom is 0.335 e. The molecule has 0 spiro atoms. The summed E-state index contributed by atoms with van der Waals surface area (Å²) in [5.74, 6) is -0.979. The number of ether oxygens (including phenoxy) is 2. The lowest BCUT2D eigenvalue weighted by Crippen LogP contribution is -2.17. The maximum atomic E-state index is 10.8. The van der Waals surface area contributed by atoms with E-state index in [0.717, 1.165) is 0 Å². The fourth-order valence-corrected chi connectivity index (χ4v) is 1.36. The molecule has 0 saturated heterocycles. The first-order valence-electron chi connectivity index (χ1n) is 4.75. The zero-order valence-electron chi connectivity index (χ0n) is 9.27. The Hall–Kier alpha value is -1.59. The lowest BCUT2D eigenvalue weighted by molar-refractivity contribution is -0.100. The van der Waals surface area contributed by atoms with Crippen molar-refractivity contribution in [2.75, 3.05) is 20.0 Å². The number of hydrogen-bond acceptors (Lipinski definition) is 4. The molecule has 0 unspecified atom stereocenters. The summed E-state index contributed by atoms with van der Waals surface area (Å²) in [6, 6.07) is 4.57. The van der Waals surface area contributed by atoms with Gasteiger partial charge in [0.2, 0.25) is 0 Å². The highest BCUT2D eigenvalue weighted by molar-refractivity contribution is 5.88. The van der Waals surface area contributed by atoms with E-state index in [-0.39, 0.29) is 5.56 Å². The molecular weight excluding hydrogens is 210 g/mol. The number of carboxylic acid groups (broad SMARTS) is 1. The van der Waals surface area contributed by atoms with E-state index in [4.69, 9.17) is 20.3 Å². The Bertz CT molecular complexity index is 374. The van der Waals surface area contributed by atoms with Crippen molar-refractivity contribution in [3.8, 4) is 0 Å². The molecule has 0 radical (unpaired) electrons. The summed E-state index contributed by atoms with van der Waals surface area (Å²) >= 11 is 0. The Kier molecular flexibility index (Phi) is 4.28. The van der Waals surface area contributed by atoms with E-state index < -0.39 is 12.3 Å². The van der Waals surface area contributed by atoms with Gasteiger partial charge in [0.25, 0.3) is 0 Å². The maximum absolute atomic E-state index is 10.8. The molecule has 0 heterocycles. The minimum Gasteiger partial charge on any atom is -0.478 e. The van der Waals surface area contributed by atoms with Crippen LogP contribution in [0.5, 0.6) is 0 Å². The Morgan fingerprint density at radius 2 is 2.06 bits per heavy atom. The van der Waals surface area contributed by atoms with Crippen LogP contribution in [-0.4, -0.2) is 31.6 Å². The second kappa shape index (κ2) is 5.48. The first kappa shape index (κ1) is 12.5. The molecule has 0 fully saturated rings. The van der Waals surface area contributed by atoms with Crippen LogP contribution in [0.2, 0.25) is 0 Å². The third-order valence-corrected chi connectivity index (χ3v) is 2.30. The van der Waals surface area contributed by atoms with Gasteiger partial charge in [0, 0.05) is 26.3 Å². The van der Waals surface area contributed by atoms with Gasteiger partial charge in [-0.05, 0) is 23.8 Å². The zero-order valence-corrected chi connectivity index (χ0v) is 9.27. The molecule has 0 aliphatic carbocycles. The van der Waals surface area contributed by atoms with E-state index in [9.17, 15) is 4.79 Å². The van der Waals surface area contributed by atoms with E-state index in [1.807, 2.05) is 0 Å². The van der Waals surface area contributed by atoms with Gasteiger partial charge in [-0.1, -0.05) is 0 Å². The molecule has 1 aromatic rings. The molecular formula is C11H15NO4. The number of hydrogen-bond donors (Lipinski definition) is 2. The largest absolute Gasteiger partial charge is 0.478 e. The molecule has 5 heteroatoms. The summed E-state index contributed by atoms with van der Waals surface area (Å²) in [4.78, 5) is 10.8. The highest BCUT2D eigenvalue weighted by atomic mass is 16.7. The van der Waals surface area contributed by atoms with Gasteiger partial charge in [0.1, 0.15) is 0 Å². The van der Waals surface area contributed by atoms with Crippen molar-refractivity contribution in [2.45, 2.75) is 12.7 Å². The van der Waals surface area contributed by atoms with E-state index in [1.165, 1.54) is 26.4 Å². The summed E-state index contributed by atoms with van der Waals surface area (Å²) in [5, 5.41) is 8.85. The van der Waals surface area contributed by atoms with Crippen molar-refractivity contribution >= 4 is 11.7 Å². The number of carboxylic acids is 1. The first-order valence-corrected chi connectivity index (χ1v) is 4.75. The number of anilines is 1. The fourth-order valence-electron chi connectivity index (χ4n) is 1.36. The predicted molar refractivity (Wildman–Crippen MR) is 59.3 cm³/mol. The molecule has 88 valence electrons. The molecule has 3 N–H and O–H groups in total. The summed E-state index contributed by atoms with van der Waals surface area (Å²) < 4.78 is 10.1. The Labute approximate surface area is 93.8 Å². The van der Waals surface area contributed by atoms with Gasteiger partial charge in [0.05, 0.1) is 5.56 Å². The molecule has 0 bridgehead atoms. The highest BCUT2D eigenvalue weighted by Gasteiger charge is 2.12. The fraction of sp³-hybridized carbons (Fsp3) is 0.364. The van der Waals surface area contributed by atoms with Crippen molar-refractivity contribution in [3.63, 3.8) is 0 Å². The summed E-state index contributed by atoms with van der Waals surface area (Å²) in [7, 11) is 3.04. The van der Waals surface area contributed by atoms with Gasteiger partial charge in [-0.25, -0.2) is 4.79 Å². The number of nitrogens with two attached hydrogens (primary N) is 1. The molecule has 0 aliphatic rings. The molecule has 0 atom stereocenters. The smallest absolute Gasteiger partial charge is 0.335 e. The molecule has 1 rings (SSSR count). The third kappa shape index (κ3) is 2.95. The topological polar surface area (TPSA) is 81.8 Å². The lowest BCUT2D eigenvalue weighted by Gasteiger charge is -2.14. The monoisotopic (exact) mass is 225 g/mol. The lowest BCUT2D eigenvalue weighted by atomic mass is 10.1. The van der Waals surface area contributed by atoms with E-state index in [0.29, 0.717) is 17.7 Å². The number of methoxy groups -OCH3 is 2. The molecule has 5 nitrogen and oxygen atoms in total. The van der Waals surface area contributed by atoms with Crippen LogP contribution >= 0.6 is 0 Å². The van der Waals surface area contributed by atoms with Gasteiger partial charge >= 0.3 is 5.97 Å². The average Bonchev–Trinajstić information content (AvgIpc) is 2.27. The van der Waals surface area contributed by atoms with Crippen LogP contribution in [0.1, 0.15) is 15.9 Å². The normalized spacial score (nSPS) is 10.7. The molecule has 0 aliphatic heterocycles. The van der Waals surface area contributed by atoms with E-state index in [1.54, 1.807) is 6.07 Å². The highest BCUT2D eigenvalue weighted by Crippen LogP contribution is 2.17. The van der Waals surface area contributed by atoms with Crippen molar-refractivity contribution < 1.29 is 19.4 Å². The summed E-state index contributed by atoms with van der Waals surface area (Å²) in [6.07, 6.45) is -0.00806. The van der Waals surface area contributed by atoms with Gasteiger partial charge in [0.15, 0.2) is 6.29 Å². The van der Waals surface area contributed by atoms with Crippen LogP contribution < -0.4 is 5.73 Å². The number of benzene rings is 1. The second-order valence-corrected chi connectivity index (χ2v) is 3.32. The number of carbonyl (C=O) groups is 1. The Morgan fingerprint density at radius 3 is 2.56 bits per heavy atom. The SMILES string of the molecule is COC(Cc1cc(C(=O)O)ccc1N)OC. The molecule has 0 aromatic heterocycles. The second-order valence-electron chi connectivity index (χ2n) is 3.32. The standard InChI is InChI=1S/C11H15NO4/c1-15-10(16-2)6-8-5-7(11(13)14)3-4-9(8)12/h3-5,10H,6,12H2,1-2H3,(H,13,14). The van der Waals surface area contributed by atoms with Gasteiger partial charge in [-0.3, -0.25) is 0 Å². The van der Waals surface area contributed by atoms with E-state index >= 15 is 0 Å². The van der Waals surface area contributed by atoms with Gasteiger partial charge in [-0.15, -0.1) is 0 Å². The number of rotatable bonds is 5. The third-order valence-electron chi connectivity index (χ3n) is 2.30. The van der Waals surface area contributed by atoms with Crippen LogP contribution in [0.4, 0.5) is 5.69 Å². The molecule has 16 heavy (non-hydrogen) atoms. The molecule has 0 saturated carbocycles. The van der Waals surface area contributed by atoms with Crippen LogP contribution in [0.25, 0.3) is 0 Å². The predicted octanol–water partition coefficient (Wildman–Crippen LogP) is 1.13. The quantitative estimate of drug-likeness (QED) is 0.579. The van der Waals surface area contributed by atoms with Crippen LogP contribution in [0.3, 0.4) is 0 Å². The van der Waals surface area contributed by atoms with Crippen molar-refractivity contribution in [1.29, 1.82) is 0 Å². The van der Waals surface area contributed by atoms with Gasteiger partial charge < -0.3 is 20.3 Å². The summed E-state index contributed by atoms with van der Waals surface area (Å²) in [6.45, 7) is 0. The summed E-state index contributed by atoms with van der Waals surface area (Å²) in [5.41, 5.74) is 7.18. The van der Waals surface area contributed by atoms with Crippen LogP contribution in [-0.2, 0) is 15.9 Å². The molecule has 1 aromatic carbocycles. The number of aromatic carboxylic acids is 1. The van der Waals surface area contributed by atoms with Crippen LogP contribution in [0, 0.1) is 0 Å². The van der Waals surface area contributed by atoms with Gasteiger partial charge in [-0.2, -0.15) is 0 Å². The minimum absolute atomic E-state index is 0.204. The van der Waals surface area contributed by atoms with Crippen molar-refractivity contribution in [1.82, 2.24) is 0 Å². The zero-order chi connectivity index (χ0) is 12.1. The Balaban J connectivity index is 2.93. The average molecular weight is 225 g/mol. The molecule has 0 amide bonds. The minimum atomic E-state index is -0.979. The Morgan fingerprint density at radius 1 is 1.44 bits per heavy atom. The van der Waals surface area contributed by atoms with Crippen molar-refractivity contribution in [2.24, 2.45) is 0 Å². The van der Waals surface area contributed by atoms with E-state index in [2.05, 4.69) is 0 Å². The number of nitrogen functional groups attached to an aromatic ring is 1.